The van der Waals surface area contributed by atoms with Crippen molar-refractivity contribution in [1.82, 2.24) is 0 Å². The van der Waals surface area contributed by atoms with Crippen molar-refractivity contribution in [2.24, 2.45) is 0 Å². The first-order valence-electron chi connectivity index (χ1n) is 4.74. The third-order valence-electron chi connectivity index (χ3n) is 2.24. The van der Waals surface area contributed by atoms with E-state index in [-0.39, 0.29) is 5.56 Å². The molecule has 1 atom stereocenters. The summed E-state index contributed by atoms with van der Waals surface area (Å²) in [6, 6.07) is 7.36. The Labute approximate surface area is 90.7 Å². The Hall–Kier alpha value is -1.52. The van der Waals surface area contributed by atoms with Crippen molar-refractivity contribution >= 4 is 5.97 Å². The van der Waals surface area contributed by atoms with E-state index < -0.39 is 30.9 Å². The zero-order valence-electron chi connectivity index (χ0n) is 8.37. The maximum atomic E-state index is 12.7. The quantitative estimate of drug-likeness (QED) is 0.865. The molecule has 1 aromatic carbocycles. The molecule has 0 amide bonds. The van der Waals surface area contributed by atoms with Crippen molar-refractivity contribution in [2.75, 3.05) is 0 Å². The molecule has 1 aromatic rings. The van der Waals surface area contributed by atoms with Gasteiger partial charge in [-0.3, -0.25) is 4.79 Å². The van der Waals surface area contributed by atoms with E-state index in [0.29, 0.717) is 0 Å². The Bertz CT molecular complexity index is 346. The van der Waals surface area contributed by atoms with E-state index in [4.69, 9.17) is 5.11 Å². The van der Waals surface area contributed by atoms with E-state index in [1.165, 1.54) is 24.3 Å². The minimum Gasteiger partial charge on any atom is -0.481 e. The third kappa shape index (κ3) is 3.56. The summed E-state index contributed by atoms with van der Waals surface area (Å²) in [5.74, 6) is -2.92. The lowest BCUT2D eigenvalue weighted by Crippen LogP contribution is -2.21. The average Bonchev–Trinajstić information content (AvgIpc) is 2.17. The standard InChI is InChI=1S/C11H11F3O2/c12-11(13,14)9(6-7-10(15)16)8-4-2-1-3-5-8/h1-5,9H,6-7H2,(H,15,16). The summed E-state index contributed by atoms with van der Waals surface area (Å²) in [6.45, 7) is 0. The van der Waals surface area contributed by atoms with Gasteiger partial charge in [0.05, 0.1) is 5.92 Å². The first-order valence-corrected chi connectivity index (χ1v) is 4.74. The van der Waals surface area contributed by atoms with Crippen molar-refractivity contribution in [3.8, 4) is 0 Å². The summed E-state index contributed by atoms with van der Waals surface area (Å²) in [5.41, 5.74) is 0.108. The van der Waals surface area contributed by atoms with Crippen molar-refractivity contribution in [1.29, 1.82) is 0 Å². The molecule has 1 unspecified atom stereocenters. The van der Waals surface area contributed by atoms with Gasteiger partial charge in [-0.15, -0.1) is 0 Å². The molecule has 0 bridgehead atoms. The Morgan fingerprint density at radius 1 is 1.25 bits per heavy atom. The van der Waals surface area contributed by atoms with Gasteiger partial charge in [-0.1, -0.05) is 30.3 Å². The zero-order valence-corrected chi connectivity index (χ0v) is 8.37. The monoisotopic (exact) mass is 232 g/mol. The van der Waals surface area contributed by atoms with Crippen LogP contribution in [0.15, 0.2) is 30.3 Å². The second-order valence-corrected chi connectivity index (χ2v) is 3.44. The van der Waals surface area contributed by atoms with Gasteiger partial charge in [0.15, 0.2) is 0 Å². The molecule has 0 aliphatic carbocycles. The van der Waals surface area contributed by atoms with Crippen molar-refractivity contribution in [3.63, 3.8) is 0 Å². The van der Waals surface area contributed by atoms with Crippen LogP contribution in [0.4, 0.5) is 13.2 Å². The Balaban J connectivity index is 2.84. The smallest absolute Gasteiger partial charge is 0.395 e. The highest BCUT2D eigenvalue weighted by molar-refractivity contribution is 5.66. The van der Waals surface area contributed by atoms with Crippen LogP contribution in [0.2, 0.25) is 0 Å². The number of halogens is 3. The van der Waals surface area contributed by atoms with Gasteiger partial charge in [-0.2, -0.15) is 13.2 Å². The normalized spacial score (nSPS) is 13.4. The highest BCUT2D eigenvalue weighted by Crippen LogP contribution is 2.37. The van der Waals surface area contributed by atoms with Gasteiger partial charge in [0.25, 0.3) is 0 Å². The van der Waals surface area contributed by atoms with Crippen LogP contribution in [0, 0.1) is 0 Å². The van der Waals surface area contributed by atoms with E-state index >= 15 is 0 Å². The predicted octanol–water partition coefficient (Wildman–Crippen LogP) is 3.20. The molecule has 2 nitrogen and oxygen atoms in total. The third-order valence-corrected chi connectivity index (χ3v) is 2.24. The van der Waals surface area contributed by atoms with Crippen LogP contribution in [0.1, 0.15) is 24.3 Å². The van der Waals surface area contributed by atoms with E-state index in [9.17, 15) is 18.0 Å². The molecule has 0 aliphatic heterocycles. The van der Waals surface area contributed by atoms with Crippen LogP contribution in [-0.2, 0) is 4.79 Å². The van der Waals surface area contributed by atoms with Crippen molar-refractivity contribution in [3.05, 3.63) is 35.9 Å². The van der Waals surface area contributed by atoms with Crippen LogP contribution >= 0.6 is 0 Å². The molecule has 0 saturated carbocycles. The van der Waals surface area contributed by atoms with E-state index in [0.717, 1.165) is 0 Å². The van der Waals surface area contributed by atoms with E-state index in [1.54, 1.807) is 6.07 Å². The van der Waals surface area contributed by atoms with Crippen LogP contribution in [-0.4, -0.2) is 17.3 Å². The maximum Gasteiger partial charge on any atom is 0.395 e. The van der Waals surface area contributed by atoms with Crippen molar-refractivity contribution in [2.45, 2.75) is 24.9 Å². The van der Waals surface area contributed by atoms with Crippen LogP contribution in [0.3, 0.4) is 0 Å². The average molecular weight is 232 g/mol. The molecular weight excluding hydrogens is 221 g/mol. The lowest BCUT2D eigenvalue weighted by Gasteiger charge is -2.19. The number of rotatable bonds is 4. The molecule has 0 aromatic heterocycles. The van der Waals surface area contributed by atoms with Crippen LogP contribution in [0.25, 0.3) is 0 Å². The number of carboxylic acid groups (broad SMARTS) is 1. The second-order valence-electron chi connectivity index (χ2n) is 3.44. The van der Waals surface area contributed by atoms with Gasteiger partial charge in [0.2, 0.25) is 0 Å². The van der Waals surface area contributed by atoms with Crippen LogP contribution < -0.4 is 0 Å². The minimum absolute atomic E-state index is 0.108. The summed E-state index contributed by atoms with van der Waals surface area (Å²) in [6.07, 6.45) is -5.32. The van der Waals surface area contributed by atoms with Gasteiger partial charge >= 0.3 is 12.1 Å². The highest BCUT2D eigenvalue weighted by atomic mass is 19.4. The van der Waals surface area contributed by atoms with Gasteiger partial charge < -0.3 is 5.11 Å². The lowest BCUT2D eigenvalue weighted by molar-refractivity contribution is -0.154. The molecule has 0 fully saturated rings. The number of carbonyl (C=O) groups is 1. The fraction of sp³-hybridized carbons (Fsp3) is 0.364. The summed E-state index contributed by atoms with van der Waals surface area (Å²) in [7, 11) is 0. The number of hydrogen-bond acceptors (Lipinski definition) is 1. The van der Waals surface area contributed by atoms with E-state index in [2.05, 4.69) is 0 Å². The van der Waals surface area contributed by atoms with Crippen molar-refractivity contribution < 1.29 is 23.1 Å². The molecule has 5 heteroatoms. The summed E-state index contributed by atoms with van der Waals surface area (Å²) in [4.78, 5) is 10.3. The number of alkyl halides is 3. The van der Waals surface area contributed by atoms with E-state index in [1.807, 2.05) is 0 Å². The molecule has 0 aliphatic rings. The molecule has 1 rings (SSSR count). The summed E-state index contributed by atoms with van der Waals surface area (Å²) in [5, 5.41) is 8.41. The molecular formula is C11H11F3O2. The summed E-state index contributed by atoms with van der Waals surface area (Å²) < 4.78 is 38.0. The maximum absolute atomic E-state index is 12.7. The molecule has 1 N–H and O–H groups in total. The molecule has 88 valence electrons. The zero-order chi connectivity index (χ0) is 12.2. The highest BCUT2D eigenvalue weighted by Gasteiger charge is 2.40. The fourth-order valence-corrected chi connectivity index (χ4v) is 1.47. The van der Waals surface area contributed by atoms with Gasteiger partial charge in [-0.05, 0) is 12.0 Å². The second kappa shape index (κ2) is 5.01. The number of carboxylic acids is 1. The fourth-order valence-electron chi connectivity index (χ4n) is 1.47. The largest absolute Gasteiger partial charge is 0.481 e. The topological polar surface area (TPSA) is 37.3 Å². The predicted molar refractivity (Wildman–Crippen MR) is 52.1 cm³/mol. The Morgan fingerprint density at radius 2 is 1.81 bits per heavy atom. The number of aliphatic carboxylic acids is 1. The molecule has 0 heterocycles. The Morgan fingerprint density at radius 3 is 2.25 bits per heavy atom. The molecule has 0 saturated heterocycles. The number of hydrogen-bond donors (Lipinski definition) is 1. The van der Waals surface area contributed by atoms with Gasteiger partial charge in [-0.25, -0.2) is 0 Å². The molecule has 16 heavy (non-hydrogen) atoms. The van der Waals surface area contributed by atoms with Gasteiger partial charge in [0.1, 0.15) is 0 Å². The minimum atomic E-state index is -4.41. The molecule has 0 spiro atoms. The summed E-state index contributed by atoms with van der Waals surface area (Å²) >= 11 is 0. The Kier molecular flexibility index (Phi) is 3.93. The van der Waals surface area contributed by atoms with Crippen LogP contribution in [0.5, 0.6) is 0 Å². The van der Waals surface area contributed by atoms with Gasteiger partial charge in [0, 0.05) is 6.42 Å². The number of benzene rings is 1. The molecule has 0 radical (unpaired) electrons. The first-order chi connectivity index (χ1) is 7.41. The SMILES string of the molecule is O=C(O)CCC(c1ccccc1)C(F)(F)F. The lowest BCUT2D eigenvalue weighted by atomic mass is 9.94. The first kappa shape index (κ1) is 12.5.